The highest BCUT2D eigenvalue weighted by Crippen LogP contribution is 2.28. The number of benzene rings is 3. The van der Waals surface area contributed by atoms with Crippen LogP contribution in [0.25, 0.3) is 10.8 Å². The zero-order chi connectivity index (χ0) is 20.3. The Morgan fingerprint density at radius 3 is 2.36 bits per heavy atom. The number of fused-ring (bicyclic) bond motifs is 1. The molecule has 0 aliphatic rings. The van der Waals surface area contributed by atoms with Crippen molar-refractivity contribution in [3.8, 4) is 5.75 Å². The monoisotopic (exact) mass is 389 g/mol. The smallest absolute Gasteiger partial charge is 0.339 e. The first-order chi connectivity index (χ1) is 13.4. The van der Waals surface area contributed by atoms with E-state index in [9.17, 15) is 22.8 Å². The van der Waals surface area contributed by atoms with E-state index in [1.807, 2.05) is 5.32 Å². The molecular weight excluding hydrogens is 375 g/mol. The van der Waals surface area contributed by atoms with Crippen LogP contribution < -0.4 is 10.1 Å². The Morgan fingerprint density at radius 2 is 1.64 bits per heavy atom. The first kappa shape index (κ1) is 19.2. The summed E-state index contributed by atoms with van der Waals surface area (Å²) in [7, 11) is 1.50. The molecule has 0 atom stereocenters. The Morgan fingerprint density at radius 1 is 0.929 bits per heavy atom. The number of amides is 1. The molecule has 3 aromatic rings. The van der Waals surface area contributed by atoms with Crippen molar-refractivity contribution in [3.63, 3.8) is 0 Å². The first-order valence-corrected chi connectivity index (χ1v) is 8.08. The van der Waals surface area contributed by atoms with Crippen molar-refractivity contribution >= 4 is 28.3 Å². The van der Waals surface area contributed by atoms with Gasteiger partial charge in [0.1, 0.15) is 5.75 Å². The van der Waals surface area contributed by atoms with Crippen LogP contribution in [0.4, 0.5) is 18.9 Å². The molecule has 0 aromatic heterocycles. The van der Waals surface area contributed by atoms with Gasteiger partial charge in [-0.15, -0.1) is 0 Å². The maximum atomic E-state index is 13.6. The average molecular weight is 389 g/mol. The molecule has 28 heavy (non-hydrogen) atoms. The maximum absolute atomic E-state index is 13.6. The fraction of sp³-hybridized carbons (Fsp3) is 0.100. The minimum atomic E-state index is -1.71. The van der Waals surface area contributed by atoms with Gasteiger partial charge in [0.25, 0.3) is 5.91 Å². The highest BCUT2D eigenvalue weighted by atomic mass is 19.2. The number of esters is 1. The third kappa shape index (κ3) is 3.75. The molecular formula is C20H14F3NO4. The number of carbonyl (C=O) groups excluding carboxylic acids is 2. The van der Waals surface area contributed by atoms with Gasteiger partial charge in [0.05, 0.1) is 18.4 Å². The van der Waals surface area contributed by atoms with Crippen LogP contribution in [0.3, 0.4) is 0 Å². The van der Waals surface area contributed by atoms with Crippen LogP contribution in [0.5, 0.6) is 5.75 Å². The number of rotatable bonds is 5. The number of nitrogens with one attached hydrogen (secondary N) is 1. The lowest BCUT2D eigenvalue weighted by molar-refractivity contribution is -0.119. The predicted molar refractivity (Wildman–Crippen MR) is 95.7 cm³/mol. The Balaban J connectivity index is 1.72. The molecule has 0 bridgehead atoms. The van der Waals surface area contributed by atoms with E-state index in [2.05, 4.69) is 0 Å². The average Bonchev–Trinajstić information content (AvgIpc) is 2.71. The first-order valence-electron chi connectivity index (χ1n) is 8.08. The molecule has 3 rings (SSSR count). The van der Waals surface area contributed by atoms with Crippen LogP contribution in [-0.2, 0) is 9.53 Å². The van der Waals surface area contributed by atoms with Crippen molar-refractivity contribution in [1.82, 2.24) is 0 Å². The van der Waals surface area contributed by atoms with E-state index < -0.39 is 41.6 Å². The van der Waals surface area contributed by atoms with E-state index in [0.29, 0.717) is 22.6 Å². The molecule has 0 radical (unpaired) electrons. The number of carbonyl (C=O) groups is 2. The van der Waals surface area contributed by atoms with Gasteiger partial charge in [-0.05, 0) is 29.7 Å². The summed E-state index contributed by atoms with van der Waals surface area (Å²) in [5.41, 5.74) is -0.349. The van der Waals surface area contributed by atoms with Crippen LogP contribution in [0.15, 0.2) is 48.5 Å². The molecule has 0 aliphatic heterocycles. The van der Waals surface area contributed by atoms with Gasteiger partial charge in [-0.1, -0.05) is 24.3 Å². The Bertz CT molecular complexity index is 1070. The molecule has 0 fully saturated rings. The molecule has 1 N–H and O–H groups in total. The van der Waals surface area contributed by atoms with Gasteiger partial charge in [-0.3, -0.25) is 4.79 Å². The molecule has 0 spiro atoms. The van der Waals surface area contributed by atoms with E-state index in [0.717, 1.165) is 6.07 Å². The summed E-state index contributed by atoms with van der Waals surface area (Å²) >= 11 is 0. The molecule has 8 heteroatoms. The van der Waals surface area contributed by atoms with E-state index in [1.165, 1.54) is 13.2 Å². The van der Waals surface area contributed by atoms with Crippen molar-refractivity contribution in [2.45, 2.75) is 0 Å². The summed E-state index contributed by atoms with van der Waals surface area (Å²) in [6.45, 7) is -0.738. The molecule has 5 nitrogen and oxygen atoms in total. The van der Waals surface area contributed by atoms with Crippen molar-refractivity contribution in [2.24, 2.45) is 0 Å². The third-order valence-corrected chi connectivity index (χ3v) is 3.97. The zero-order valence-electron chi connectivity index (χ0n) is 14.6. The summed E-state index contributed by atoms with van der Waals surface area (Å²) in [5.74, 6) is -5.75. The van der Waals surface area contributed by atoms with Gasteiger partial charge in [0, 0.05) is 5.39 Å². The Hall–Kier alpha value is -3.55. The second kappa shape index (κ2) is 7.99. The quantitative estimate of drug-likeness (QED) is 0.528. The highest BCUT2D eigenvalue weighted by Gasteiger charge is 2.18. The lowest BCUT2D eigenvalue weighted by Crippen LogP contribution is -2.22. The topological polar surface area (TPSA) is 64.6 Å². The van der Waals surface area contributed by atoms with E-state index in [-0.39, 0.29) is 5.56 Å². The van der Waals surface area contributed by atoms with E-state index in [4.69, 9.17) is 9.47 Å². The van der Waals surface area contributed by atoms with Gasteiger partial charge < -0.3 is 14.8 Å². The number of ether oxygens (including phenoxy) is 2. The van der Waals surface area contributed by atoms with Crippen LogP contribution in [-0.4, -0.2) is 25.6 Å². The van der Waals surface area contributed by atoms with Crippen molar-refractivity contribution < 1.29 is 32.2 Å². The molecule has 0 unspecified atom stereocenters. The maximum Gasteiger partial charge on any atom is 0.339 e. The molecule has 3 aromatic carbocycles. The normalized spacial score (nSPS) is 10.6. The van der Waals surface area contributed by atoms with Gasteiger partial charge in [0.15, 0.2) is 24.1 Å². The second-order valence-electron chi connectivity index (χ2n) is 5.71. The minimum Gasteiger partial charge on any atom is -0.496 e. The third-order valence-electron chi connectivity index (χ3n) is 3.97. The largest absolute Gasteiger partial charge is 0.496 e. The Labute approximate surface area is 157 Å². The van der Waals surface area contributed by atoms with Gasteiger partial charge in [-0.25, -0.2) is 18.0 Å². The fourth-order valence-electron chi connectivity index (χ4n) is 2.64. The second-order valence-corrected chi connectivity index (χ2v) is 5.71. The Kier molecular flexibility index (Phi) is 5.49. The van der Waals surface area contributed by atoms with Crippen LogP contribution in [0, 0.1) is 17.5 Å². The molecule has 0 aliphatic carbocycles. The van der Waals surface area contributed by atoms with Gasteiger partial charge in [0.2, 0.25) is 0 Å². The van der Waals surface area contributed by atoms with Crippen molar-refractivity contribution in [1.29, 1.82) is 0 Å². The number of methoxy groups -OCH3 is 1. The lowest BCUT2D eigenvalue weighted by atomic mass is 10.0. The van der Waals surface area contributed by atoms with Crippen LogP contribution in [0.1, 0.15) is 10.4 Å². The van der Waals surface area contributed by atoms with Gasteiger partial charge in [-0.2, -0.15) is 0 Å². The standard InChI is InChI=1S/C20H14F3NO4/c1-27-16-9-6-13(11-4-2-3-5-12(11)16)20(26)28-10-17(25)24-15-8-7-14(21)18(22)19(15)23/h2-9H,10H2,1H3,(H,24,25). The SMILES string of the molecule is COc1ccc(C(=O)OCC(=O)Nc2ccc(F)c(F)c2F)c2ccccc12. The molecule has 144 valence electrons. The molecule has 0 saturated heterocycles. The lowest BCUT2D eigenvalue weighted by Gasteiger charge is -2.11. The summed E-state index contributed by atoms with van der Waals surface area (Å²) in [6.07, 6.45) is 0. The van der Waals surface area contributed by atoms with E-state index >= 15 is 0 Å². The zero-order valence-corrected chi connectivity index (χ0v) is 14.6. The summed E-state index contributed by atoms with van der Waals surface area (Å²) in [4.78, 5) is 24.2. The number of hydrogen-bond acceptors (Lipinski definition) is 4. The van der Waals surface area contributed by atoms with Crippen LogP contribution >= 0.6 is 0 Å². The summed E-state index contributed by atoms with van der Waals surface area (Å²) in [6, 6.07) is 11.6. The minimum absolute atomic E-state index is 0.211. The van der Waals surface area contributed by atoms with E-state index in [1.54, 1.807) is 30.3 Å². The van der Waals surface area contributed by atoms with Crippen molar-refractivity contribution in [2.75, 3.05) is 19.0 Å². The summed E-state index contributed by atoms with van der Waals surface area (Å²) < 4.78 is 49.9. The molecule has 1 amide bonds. The van der Waals surface area contributed by atoms with Gasteiger partial charge >= 0.3 is 5.97 Å². The molecule has 0 saturated carbocycles. The summed E-state index contributed by atoms with van der Waals surface area (Å²) in [5, 5.41) is 3.28. The fourth-order valence-corrected chi connectivity index (χ4v) is 2.64. The highest BCUT2D eigenvalue weighted by molar-refractivity contribution is 6.07. The number of hydrogen-bond donors (Lipinski definition) is 1. The number of anilines is 1. The van der Waals surface area contributed by atoms with Crippen molar-refractivity contribution in [3.05, 3.63) is 71.5 Å². The number of halogens is 3. The predicted octanol–water partition coefficient (Wildman–Crippen LogP) is 4.06. The molecule has 0 heterocycles. The van der Waals surface area contributed by atoms with Crippen LogP contribution in [0.2, 0.25) is 0 Å².